The monoisotopic (exact) mass is 229 g/mol. The maximum atomic E-state index is 5.14. The molecule has 0 saturated carbocycles. The van der Waals surface area contributed by atoms with Crippen molar-refractivity contribution in [2.45, 2.75) is 13.3 Å². The van der Waals surface area contributed by atoms with Crippen LogP contribution in [0.3, 0.4) is 0 Å². The van der Waals surface area contributed by atoms with Gasteiger partial charge in [0.15, 0.2) is 0 Å². The molecule has 0 aromatic carbocycles. The fourth-order valence-electron chi connectivity index (χ4n) is 1.80. The van der Waals surface area contributed by atoms with Crippen molar-refractivity contribution in [1.82, 2.24) is 9.97 Å². The molecule has 0 N–H and O–H groups in total. The number of hydrogen-bond donors (Lipinski definition) is 0. The molecule has 3 aromatic heterocycles. The molecule has 79 valence electrons. The Bertz CT molecular complexity index is 613. The van der Waals surface area contributed by atoms with Crippen LogP contribution in [0.15, 0.2) is 29.3 Å². The van der Waals surface area contributed by atoms with Crippen LogP contribution in [-0.2, 0) is 6.42 Å². The van der Waals surface area contributed by atoms with Gasteiger partial charge in [-0.3, -0.25) is 0 Å². The highest BCUT2D eigenvalue weighted by Crippen LogP contribution is 2.37. The number of rotatable bonds is 2. The lowest BCUT2D eigenvalue weighted by Gasteiger charge is -1.97. The van der Waals surface area contributed by atoms with Gasteiger partial charge in [0.2, 0.25) is 0 Å². The van der Waals surface area contributed by atoms with Gasteiger partial charge in [0.25, 0.3) is 0 Å². The maximum absolute atomic E-state index is 5.14. The van der Waals surface area contributed by atoms with Gasteiger partial charge in [-0.25, -0.2) is 9.97 Å². The molecule has 0 unspecified atom stereocenters. The fourth-order valence-corrected chi connectivity index (χ4v) is 2.84. The number of aryl methyl sites for hydroxylation is 1. The lowest BCUT2D eigenvalue weighted by atomic mass is 10.1. The van der Waals surface area contributed by atoms with Crippen LogP contribution in [0.5, 0.6) is 0 Å². The number of furan rings is 1. The number of nitrogens with zero attached hydrogens (tertiary/aromatic N) is 2. The molecule has 0 aliphatic carbocycles. The van der Waals surface area contributed by atoms with Crippen LogP contribution in [-0.4, -0.2) is 9.97 Å². The highest BCUT2D eigenvalue weighted by Gasteiger charge is 2.14. The molecule has 0 amide bonds. The zero-order valence-corrected chi connectivity index (χ0v) is 9.54. The van der Waals surface area contributed by atoms with E-state index >= 15 is 0 Å². The minimum absolute atomic E-state index is 0.982. The first-order valence-electron chi connectivity index (χ1n) is 5.06. The summed E-state index contributed by atoms with van der Waals surface area (Å²) in [4.78, 5) is 10.5. The first-order chi connectivity index (χ1) is 7.90. The van der Waals surface area contributed by atoms with Gasteiger partial charge in [0.05, 0.1) is 12.5 Å². The van der Waals surface area contributed by atoms with E-state index in [2.05, 4.69) is 23.1 Å². The van der Waals surface area contributed by atoms with Crippen molar-refractivity contribution < 1.29 is 4.42 Å². The number of aromatic nitrogens is 2. The largest absolute Gasteiger partial charge is 0.472 e. The van der Waals surface area contributed by atoms with Crippen LogP contribution >= 0.6 is 11.3 Å². The van der Waals surface area contributed by atoms with Crippen molar-refractivity contribution in [3.8, 4) is 11.1 Å². The Morgan fingerprint density at radius 2 is 2.44 bits per heavy atom. The standard InChI is InChI=1S/C12H9N2OS/c1-2-10-11(8-3-4-15-6-8)9-5-13-7-14-12(9)16-10/h3-4,6-7H,2H2,1H3. The van der Waals surface area contributed by atoms with Gasteiger partial charge >= 0.3 is 0 Å². The molecule has 3 rings (SSSR count). The second-order valence-corrected chi connectivity index (χ2v) is 4.52. The first-order valence-corrected chi connectivity index (χ1v) is 5.88. The topological polar surface area (TPSA) is 38.9 Å². The predicted octanol–water partition coefficient (Wildman–Crippen LogP) is 3.31. The molecule has 0 aliphatic heterocycles. The highest BCUT2D eigenvalue weighted by molar-refractivity contribution is 7.19. The minimum Gasteiger partial charge on any atom is -0.472 e. The van der Waals surface area contributed by atoms with Gasteiger partial charge in [0.1, 0.15) is 17.4 Å². The number of fused-ring (bicyclic) bond motifs is 1. The van der Waals surface area contributed by atoms with Gasteiger partial charge in [0, 0.05) is 21.4 Å². The SMILES string of the molecule is CCc1sc2ncn[c]c2c1-c1ccoc1. The summed E-state index contributed by atoms with van der Waals surface area (Å²) >= 11 is 1.70. The zero-order chi connectivity index (χ0) is 11.0. The third-order valence-corrected chi connectivity index (χ3v) is 3.74. The third-order valence-electron chi connectivity index (χ3n) is 2.50. The van der Waals surface area contributed by atoms with Crippen LogP contribution in [0.2, 0.25) is 0 Å². The van der Waals surface area contributed by atoms with Crippen LogP contribution in [0.25, 0.3) is 21.3 Å². The molecule has 0 fully saturated rings. The Hall–Kier alpha value is -1.68. The van der Waals surface area contributed by atoms with Gasteiger partial charge < -0.3 is 4.42 Å². The fraction of sp³-hybridized carbons (Fsp3) is 0.167. The van der Waals surface area contributed by atoms with E-state index in [-0.39, 0.29) is 0 Å². The summed E-state index contributed by atoms with van der Waals surface area (Å²) < 4.78 is 5.14. The molecule has 3 nitrogen and oxygen atoms in total. The second-order valence-electron chi connectivity index (χ2n) is 3.43. The quantitative estimate of drug-likeness (QED) is 0.676. The van der Waals surface area contributed by atoms with E-state index < -0.39 is 0 Å². The van der Waals surface area contributed by atoms with Crippen LogP contribution < -0.4 is 0 Å². The molecule has 0 spiro atoms. The third kappa shape index (κ3) is 1.34. The van der Waals surface area contributed by atoms with E-state index in [0.29, 0.717) is 0 Å². The second kappa shape index (κ2) is 3.72. The van der Waals surface area contributed by atoms with Crippen molar-refractivity contribution in [3.05, 3.63) is 36.0 Å². The average molecular weight is 229 g/mol. The zero-order valence-electron chi connectivity index (χ0n) is 8.73. The molecule has 3 heterocycles. The first kappa shape index (κ1) is 9.54. The molecule has 0 bridgehead atoms. The predicted molar refractivity (Wildman–Crippen MR) is 63.3 cm³/mol. The van der Waals surface area contributed by atoms with Crippen LogP contribution in [0.1, 0.15) is 11.8 Å². The summed E-state index contributed by atoms with van der Waals surface area (Å²) in [6.45, 7) is 2.14. The lowest BCUT2D eigenvalue weighted by Crippen LogP contribution is -1.80. The van der Waals surface area contributed by atoms with E-state index in [0.717, 1.165) is 27.8 Å². The number of thiophene rings is 1. The van der Waals surface area contributed by atoms with Crippen molar-refractivity contribution in [3.63, 3.8) is 0 Å². The Kier molecular flexibility index (Phi) is 2.22. The van der Waals surface area contributed by atoms with Gasteiger partial charge in [-0.2, -0.15) is 0 Å². The Morgan fingerprint density at radius 1 is 1.50 bits per heavy atom. The van der Waals surface area contributed by atoms with Crippen molar-refractivity contribution >= 4 is 21.6 Å². The average Bonchev–Trinajstić information content (AvgIpc) is 2.94. The van der Waals surface area contributed by atoms with E-state index in [1.54, 1.807) is 23.9 Å². The summed E-state index contributed by atoms with van der Waals surface area (Å²) in [5.41, 5.74) is 2.24. The van der Waals surface area contributed by atoms with E-state index in [9.17, 15) is 0 Å². The Morgan fingerprint density at radius 3 is 3.19 bits per heavy atom. The molecular weight excluding hydrogens is 220 g/mol. The van der Waals surface area contributed by atoms with Gasteiger partial charge in [-0.15, -0.1) is 11.3 Å². The van der Waals surface area contributed by atoms with E-state index in [4.69, 9.17) is 4.42 Å². The summed E-state index contributed by atoms with van der Waals surface area (Å²) in [5.74, 6) is 0. The van der Waals surface area contributed by atoms with Gasteiger partial charge in [-0.1, -0.05) is 6.92 Å². The highest BCUT2D eigenvalue weighted by atomic mass is 32.1. The minimum atomic E-state index is 0.982. The smallest absolute Gasteiger partial charge is 0.128 e. The summed E-state index contributed by atoms with van der Waals surface area (Å²) in [7, 11) is 0. The molecule has 16 heavy (non-hydrogen) atoms. The normalized spacial score (nSPS) is 11.1. The van der Waals surface area contributed by atoms with E-state index in [1.165, 1.54) is 11.2 Å². The Balaban J connectivity index is 2.36. The van der Waals surface area contributed by atoms with Crippen LogP contribution in [0, 0.1) is 6.20 Å². The molecule has 0 atom stereocenters. The lowest BCUT2D eigenvalue weighted by molar-refractivity contribution is 0.568. The molecule has 0 saturated heterocycles. The van der Waals surface area contributed by atoms with Crippen molar-refractivity contribution in [2.24, 2.45) is 0 Å². The molecule has 0 aliphatic rings. The molecule has 3 aromatic rings. The molecular formula is C12H9N2OS. The molecule has 4 heteroatoms. The summed E-state index contributed by atoms with van der Waals surface area (Å²) in [6, 6.07) is 1.96. The maximum Gasteiger partial charge on any atom is 0.128 e. The Labute approximate surface area is 96.8 Å². The van der Waals surface area contributed by atoms with Crippen molar-refractivity contribution in [1.29, 1.82) is 0 Å². The van der Waals surface area contributed by atoms with E-state index in [1.807, 2.05) is 6.07 Å². The van der Waals surface area contributed by atoms with Crippen LogP contribution in [0.4, 0.5) is 0 Å². The summed E-state index contributed by atoms with van der Waals surface area (Å²) in [6.07, 6.45) is 8.97. The summed E-state index contributed by atoms with van der Waals surface area (Å²) in [5, 5.41) is 0.991. The van der Waals surface area contributed by atoms with Gasteiger partial charge in [-0.05, 0) is 12.5 Å². The number of hydrogen-bond acceptors (Lipinski definition) is 4. The molecule has 1 radical (unpaired) electrons. The van der Waals surface area contributed by atoms with Crippen molar-refractivity contribution in [2.75, 3.05) is 0 Å².